The van der Waals surface area contributed by atoms with Gasteiger partial charge in [0, 0.05) is 43.3 Å². The molecule has 0 spiro atoms. The van der Waals surface area contributed by atoms with Gasteiger partial charge in [-0.2, -0.15) is 0 Å². The summed E-state index contributed by atoms with van der Waals surface area (Å²) in [4.78, 5) is 21.7. The number of hydrogen-bond donors (Lipinski definition) is 0. The predicted molar refractivity (Wildman–Crippen MR) is 128 cm³/mol. The number of fused-ring (bicyclic) bond motifs is 2. The van der Waals surface area contributed by atoms with Crippen molar-refractivity contribution in [1.82, 2.24) is 29.4 Å². The van der Waals surface area contributed by atoms with Crippen molar-refractivity contribution in [2.75, 3.05) is 39.3 Å². The Hall–Kier alpha value is -3.07. The average molecular weight is 479 g/mol. The first-order chi connectivity index (χ1) is 17.2. The summed E-state index contributed by atoms with van der Waals surface area (Å²) in [5, 5.41) is 8.56. The Morgan fingerprint density at radius 3 is 2.77 bits per heavy atom. The second-order valence-corrected chi connectivity index (χ2v) is 9.89. The SMILES string of the molecule is O=C(CN1CCCC1)N1CCC(c2cnc(CCc3c(F)ccc4c3CCO4)n3cnnc23)CC1. The summed E-state index contributed by atoms with van der Waals surface area (Å²) in [5.41, 5.74) is 3.60. The fraction of sp³-hybridized carbons (Fsp3) is 0.538. The van der Waals surface area contributed by atoms with Crippen LogP contribution in [0.5, 0.6) is 5.75 Å². The van der Waals surface area contributed by atoms with Crippen LogP contribution in [-0.2, 0) is 24.1 Å². The highest BCUT2D eigenvalue weighted by Crippen LogP contribution is 2.32. The third kappa shape index (κ3) is 4.37. The molecule has 0 atom stereocenters. The van der Waals surface area contributed by atoms with E-state index in [1.807, 2.05) is 15.5 Å². The smallest absolute Gasteiger partial charge is 0.236 e. The molecule has 2 aromatic heterocycles. The maximum atomic E-state index is 14.6. The first kappa shape index (κ1) is 22.4. The highest BCUT2D eigenvalue weighted by molar-refractivity contribution is 5.78. The molecular formula is C26H31FN6O2. The van der Waals surface area contributed by atoms with Gasteiger partial charge >= 0.3 is 0 Å². The zero-order chi connectivity index (χ0) is 23.8. The van der Waals surface area contributed by atoms with Crippen LogP contribution < -0.4 is 4.74 Å². The Bertz CT molecular complexity index is 1230. The molecule has 6 rings (SSSR count). The van der Waals surface area contributed by atoms with Crippen molar-refractivity contribution in [3.8, 4) is 5.75 Å². The van der Waals surface area contributed by atoms with Gasteiger partial charge in [-0.25, -0.2) is 9.37 Å². The lowest BCUT2D eigenvalue weighted by atomic mass is 9.90. The second-order valence-electron chi connectivity index (χ2n) is 9.89. The highest BCUT2D eigenvalue weighted by atomic mass is 19.1. The summed E-state index contributed by atoms with van der Waals surface area (Å²) in [6.07, 6.45) is 9.70. The summed E-state index contributed by atoms with van der Waals surface area (Å²) in [7, 11) is 0. The van der Waals surface area contributed by atoms with E-state index in [9.17, 15) is 9.18 Å². The zero-order valence-corrected chi connectivity index (χ0v) is 20.0. The number of piperidine rings is 1. The fourth-order valence-corrected chi connectivity index (χ4v) is 5.85. The van der Waals surface area contributed by atoms with Crippen LogP contribution in [-0.4, -0.2) is 74.6 Å². The maximum absolute atomic E-state index is 14.6. The molecule has 5 heterocycles. The molecule has 0 radical (unpaired) electrons. The number of amides is 1. The van der Waals surface area contributed by atoms with Gasteiger partial charge in [-0.3, -0.25) is 14.1 Å². The Morgan fingerprint density at radius 1 is 1.11 bits per heavy atom. The van der Waals surface area contributed by atoms with Crippen LogP contribution in [0.2, 0.25) is 0 Å². The van der Waals surface area contributed by atoms with Crippen molar-refractivity contribution >= 4 is 11.6 Å². The van der Waals surface area contributed by atoms with E-state index in [1.54, 1.807) is 12.4 Å². The number of nitrogens with zero attached hydrogens (tertiary/aromatic N) is 6. The highest BCUT2D eigenvalue weighted by Gasteiger charge is 2.28. The Labute approximate surface area is 204 Å². The number of hydrogen-bond acceptors (Lipinski definition) is 6. The van der Waals surface area contributed by atoms with Gasteiger partial charge in [0.15, 0.2) is 5.65 Å². The molecule has 3 aliphatic heterocycles. The molecule has 8 nitrogen and oxygen atoms in total. The number of aryl methyl sites for hydroxylation is 1. The van der Waals surface area contributed by atoms with Gasteiger partial charge in [0.05, 0.1) is 13.2 Å². The first-order valence-corrected chi connectivity index (χ1v) is 12.8. The van der Waals surface area contributed by atoms with Gasteiger partial charge < -0.3 is 9.64 Å². The summed E-state index contributed by atoms with van der Waals surface area (Å²) in [6.45, 7) is 4.76. The number of likely N-dealkylation sites (tertiary alicyclic amines) is 2. The molecule has 0 aliphatic carbocycles. The van der Waals surface area contributed by atoms with Crippen LogP contribution >= 0.6 is 0 Å². The van der Waals surface area contributed by atoms with E-state index >= 15 is 0 Å². The predicted octanol–water partition coefficient (Wildman–Crippen LogP) is 2.79. The Morgan fingerprint density at radius 2 is 1.94 bits per heavy atom. The average Bonchev–Trinajstić information content (AvgIpc) is 3.65. The number of carbonyl (C=O) groups is 1. The minimum absolute atomic E-state index is 0.183. The fourth-order valence-electron chi connectivity index (χ4n) is 5.85. The lowest BCUT2D eigenvalue weighted by Gasteiger charge is -2.33. The van der Waals surface area contributed by atoms with Crippen LogP contribution in [0.15, 0.2) is 24.7 Å². The molecule has 0 N–H and O–H groups in total. The minimum atomic E-state index is -0.183. The van der Waals surface area contributed by atoms with E-state index < -0.39 is 0 Å². The molecule has 0 saturated carbocycles. The van der Waals surface area contributed by atoms with Crippen LogP contribution in [0.4, 0.5) is 4.39 Å². The molecule has 1 aromatic carbocycles. The molecule has 2 saturated heterocycles. The van der Waals surface area contributed by atoms with Gasteiger partial charge in [-0.05, 0) is 68.8 Å². The first-order valence-electron chi connectivity index (χ1n) is 12.8. The Balaban J connectivity index is 1.14. The van der Waals surface area contributed by atoms with E-state index in [4.69, 9.17) is 9.72 Å². The third-order valence-electron chi connectivity index (χ3n) is 7.82. The summed E-state index contributed by atoms with van der Waals surface area (Å²) < 4.78 is 22.1. The van der Waals surface area contributed by atoms with Crippen molar-refractivity contribution < 1.29 is 13.9 Å². The van der Waals surface area contributed by atoms with Gasteiger partial charge in [-0.15, -0.1) is 10.2 Å². The molecule has 0 unspecified atom stereocenters. The van der Waals surface area contributed by atoms with E-state index in [2.05, 4.69) is 15.1 Å². The minimum Gasteiger partial charge on any atom is -0.493 e. The third-order valence-corrected chi connectivity index (χ3v) is 7.82. The van der Waals surface area contributed by atoms with Crippen molar-refractivity contribution in [2.24, 2.45) is 0 Å². The molecule has 1 amide bonds. The summed E-state index contributed by atoms with van der Waals surface area (Å²) in [5.74, 6) is 1.98. The quantitative estimate of drug-likeness (QED) is 0.542. The van der Waals surface area contributed by atoms with Gasteiger partial charge in [0.2, 0.25) is 5.91 Å². The van der Waals surface area contributed by atoms with Gasteiger partial charge in [-0.1, -0.05) is 0 Å². The van der Waals surface area contributed by atoms with Gasteiger partial charge in [0.25, 0.3) is 0 Å². The molecule has 184 valence electrons. The van der Waals surface area contributed by atoms with E-state index in [0.29, 0.717) is 31.9 Å². The van der Waals surface area contributed by atoms with E-state index in [0.717, 1.165) is 79.4 Å². The van der Waals surface area contributed by atoms with Crippen LogP contribution in [0.25, 0.3) is 5.65 Å². The summed E-state index contributed by atoms with van der Waals surface area (Å²) >= 11 is 0. The number of ether oxygens (including phenoxy) is 1. The number of aromatic nitrogens is 4. The number of carbonyl (C=O) groups excluding carboxylic acids is 1. The number of benzene rings is 1. The van der Waals surface area contributed by atoms with Crippen LogP contribution in [0.3, 0.4) is 0 Å². The normalized spacial score (nSPS) is 18.8. The van der Waals surface area contributed by atoms with E-state index in [-0.39, 0.29) is 11.7 Å². The molecule has 35 heavy (non-hydrogen) atoms. The number of rotatable bonds is 6. The van der Waals surface area contributed by atoms with Crippen molar-refractivity contribution in [3.63, 3.8) is 0 Å². The molecule has 2 fully saturated rings. The molecule has 9 heteroatoms. The van der Waals surface area contributed by atoms with Crippen molar-refractivity contribution in [2.45, 2.75) is 50.9 Å². The molecule has 3 aromatic rings. The van der Waals surface area contributed by atoms with Crippen molar-refractivity contribution in [3.05, 3.63) is 53.0 Å². The monoisotopic (exact) mass is 478 g/mol. The lowest BCUT2D eigenvalue weighted by molar-refractivity contribution is -0.133. The van der Waals surface area contributed by atoms with E-state index in [1.165, 1.54) is 18.9 Å². The van der Waals surface area contributed by atoms with Crippen LogP contribution in [0, 0.1) is 5.82 Å². The van der Waals surface area contributed by atoms with Crippen LogP contribution in [0.1, 0.15) is 54.1 Å². The Kier molecular flexibility index (Phi) is 6.10. The number of halogens is 1. The molecular weight excluding hydrogens is 447 g/mol. The summed E-state index contributed by atoms with van der Waals surface area (Å²) in [6, 6.07) is 3.21. The zero-order valence-electron chi connectivity index (χ0n) is 20.0. The molecule has 3 aliphatic rings. The lowest BCUT2D eigenvalue weighted by Crippen LogP contribution is -2.43. The van der Waals surface area contributed by atoms with Gasteiger partial charge in [0.1, 0.15) is 23.7 Å². The maximum Gasteiger partial charge on any atom is 0.236 e. The largest absolute Gasteiger partial charge is 0.493 e. The topological polar surface area (TPSA) is 75.9 Å². The van der Waals surface area contributed by atoms with Crippen molar-refractivity contribution in [1.29, 1.82) is 0 Å². The molecule has 0 bridgehead atoms. The standard InChI is InChI=1S/C26H31FN6O2/c27-22-4-5-23-20(9-14-35-23)19(22)3-6-24-28-15-21(26-30-29-17-33(24)26)18-7-12-32(13-8-18)25(34)16-31-10-1-2-11-31/h4-5,15,17-18H,1-3,6-14,16H2. The second kappa shape index (κ2) is 9.53.